The molecule has 1 atom stereocenters. The number of carboxylic acids is 1. The highest BCUT2D eigenvalue weighted by Gasteiger charge is 2.23. The summed E-state index contributed by atoms with van der Waals surface area (Å²) in [6, 6.07) is 7.12. The Hall–Kier alpha value is -2.37. The highest BCUT2D eigenvalue weighted by molar-refractivity contribution is 5.92. The van der Waals surface area contributed by atoms with E-state index in [0.717, 1.165) is 24.1 Å². The SMILES string of the molecule is CCC(CC1CCCCC1)C(=O)Nc1ccc(CC(=O)NCC(=O)O)cc1. The molecule has 1 aliphatic carbocycles. The fraction of sp³-hybridized carbons (Fsp3) is 0.571. The largest absolute Gasteiger partial charge is 0.480 e. The maximum Gasteiger partial charge on any atom is 0.322 e. The van der Waals surface area contributed by atoms with Gasteiger partial charge in [0.15, 0.2) is 0 Å². The Bertz CT molecular complexity index is 636. The Kier molecular flexibility index (Phi) is 8.30. The maximum absolute atomic E-state index is 12.6. The van der Waals surface area contributed by atoms with Crippen LogP contribution in [0.25, 0.3) is 0 Å². The van der Waals surface area contributed by atoms with Gasteiger partial charge in [0.05, 0.1) is 6.42 Å². The highest BCUT2D eigenvalue weighted by Crippen LogP contribution is 2.30. The molecule has 1 aromatic carbocycles. The minimum atomic E-state index is -1.07. The Labute approximate surface area is 160 Å². The van der Waals surface area contributed by atoms with E-state index in [0.29, 0.717) is 5.92 Å². The van der Waals surface area contributed by atoms with E-state index in [9.17, 15) is 14.4 Å². The molecule has 27 heavy (non-hydrogen) atoms. The second-order valence-corrected chi connectivity index (χ2v) is 7.38. The molecule has 0 saturated heterocycles. The lowest BCUT2D eigenvalue weighted by Crippen LogP contribution is -2.30. The summed E-state index contributed by atoms with van der Waals surface area (Å²) in [6.07, 6.45) is 8.27. The van der Waals surface area contributed by atoms with Gasteiger partial charge in [-0.15, -0.1) is 0 Å². The maximum atomic E-state index is 12.6. The van der Waals surface area contributed by atoms with E-state index >= 15 is 0 Å². The van der Waals surface area contributed by atoms with Gasteiger partial charge < -0.3 is 15.7 Å². The molecule has 6 nitrogen and oxygen atoms in total. The van der Waals surface area contributed by atoms with Crippen LogP contribution in [0.1, 0.15) is 57.4 Å². The quantitative estimate of drug-likeness (QED) is 0.617. The topological polar surface area (TPSA) is 95.5 Å². The molecule has 148 valence electrons. The van der Waals surface area contributed by atoms with Crippen molar-refractivity contribution < 1.29 is 19.5 Å². The van der Waals surface area contributed by atoms with Crippen molar-refractivity contribution in [3.05, 3.63) is 29.8 Å². The second kappa shape index (κ2) is 10.7. The van der Waals surface area contributed by atoms with Crippen molar-refractivity contribution in [2.45, 2.75) is 58.3 Å². The fourth-order valence-corrected chi connectivity index (χ4v) is 3.66. The molecule has 0 aliphatic heterocycles. The van der Waals surface area contributed by atoms with Gasteiger partial charge in [-0.1, -0.05) is 51.2 Å². The molecule has 1 aromatic rings. The van der Waals surface area contributed by atoms with Crippen molar-refractivity contribution in [2.75, 3.05) is 11.9 Å². The summed E-state index contributed by atoms with van der Waals surface area (Å²) < 4.78 is 0. The first kappa shape index (κ1) is 20.9. The van der Waals surface area contributed by atoms with Crippen LogP contribution in [0.15, 0.2) is 24.3 Å². The van der Waals surface area contributed by atoms with Crippen LogP contribution in [0.2, 0.25) is 0 Å². The van der Waals surface area contributed by atoms with Gasteiger partial charge in [-0.3, -0.25) is 14.4 Å². The van der Waals surface area contributed by atoms with E-state index in [2.05, 4.69) is 17.6 Å². The van der Waals surface area contributed by atoms with Crippen molar-refractivity contribution in [1.29, 1.82) is 0 Å². The molecule has 2 amide bonds. The lowest BCUT2D eigenvalue weighted by molar-refractivity contribution is -0.137. The number of carbonyl (C=O) groups excluding carboxylic acids is 2. The summed E-state index contributed by atoms with van der Waals surface area (Å²) in [7, 11) is 0. The van der Waals surface area contributed by atoms with Crippen LogP contribution >= 0.6 is 0 Å². The van der Waals surface area contributed by atoms with Gasteiger partial charge in [0.25, 0.3) is 0 Å². The van der Waals surface area contributed by atoms with Gasteiger partial charge in [0.2, 0.25) is 11.8 Å². The van der Waals surface area contributed by atoms with Crippen molar-refractivity contribution in [2.24, 2.45) is 11.8 Å². The molecule has 2 rings (SSSR count). The summed E-state index contributed by atoms with van der Waals surface area (Å²) in [4.78, 5) is 34.7. The first-order chi connectivity index (χ1) is 13.0. The normalized spacial score (nSPS) is 15.7. The molecule has 0 heterocycles. The number of aliphatic carboxylic acids is 1. The van der Waals surface area contributed by atoms with Gasteiger partial charge in [0.1, 0.15) is 6.54 Å². The van der Waals surface area contributed by atoms with E-state index in [1.807, 2.05) is 0 Å². The monoisotopic (exact) mass is 374 g/mol. The standard InChI is InChI=1S/C21H30N2O4/c1-2-17(12-15-6-4-3-5-7-15)21(27)23-18-10-8-16(9-11-18)13-19(24)22-14-20(25)26/h8-11,15,17H,2-7,12-14H2,1H3,(H,22,24)(H,23,27)(H,25,26). The summed E-state index contributed by atoms with van der Waals surface area (Å²) in [5.74, 6) is -0.640. The third kappa shape index (κ3) is 7.41. The average Bonchev–Trinajstić information content (AvgIpc) is 2.66. The van der Waals surface area contributed by atoms with Gasteiger partial charge >= 0.3 is 5.97 Å². The summed E-state index contributed by atoms with van der Waals surface area (Å²) in [5.41, 5.74) is 1.49. The number of hydrogen-bond acceptors (Lipinski definition) is 3. The fourth-order valence-electron chi connectivity index (χ4n) is 3.66. The van der Waals surface area contributed by atoms with Gasteiger partial charge in [-0.25, -0.2) is 0 Å². The number of benzene rings is 1. The zero-order chi connectivity index (χ0) is 19.6. The lowest BCUT2D eigenvalue weighted by atomic mass is 9.82. The predicted molar refractivity (Wildman–Crippen MR) is 104 cm³/mol. The first-order valence-corrected chi connectivity index (χ1v) is 9.86. The molecule has 1 fully saturated rings. The van der Waals surface area contributed by atoms with Crippen LogP contribution in [0, 0.1) is 11.8 Å². The molecular formula is C21H30N2O4. The summed E-state index contributed by atoms with van der Waals surface area (Å²) in [6.45, 7) is 1.68. The third-order valence-corrected chi connectivity index (χ3v) is 5.23. The number of carbonyl (C=O) groups is 3. The average molecular weight is 374 g/mol. The molecule has 3 N–H and O–H groups in total. The van der Waals surface area contributed by atoms with E-state index < -0.39 is 5.97 Å². The van der Waals surface area contributed by atoms with Gasteiger partial charge in [-0.2, -0.15) is 0 Å². The molecule has 0 bridgehead atoms. The second-order valence-electron chi connectivity index (χ2n) is 7.38. The molecule has 1 unspecified atom stereocenters. The van der Waals surface area contributed by atoms with Crippen molar-refractivity contribution >= 4 is 23.5 Å². The number of carboxylic acid groups (broad SMARTS) is 1. The Balaban J connectivity index is 1.83. The number of amides is 2. The van der Waals surface area contributed by atoms with Crippen LogP contribution < -0.4 is 10.6 Å². The van der Waals surface area contributed by atoms with E-state index in [1.54, 1.807) is 24.3 Å². The molecule has 0 radical (unpaired) electrons. The molecular weight excluding hydrogens is 344 g/mol. The summed E-state index contributed by atoms with van der Waals surface area (Å²) >= 11 is 0. The van der Waals surface area contributed by atoms with Crippen molar-refractivity contribution in [3.8, 4) is 0 Å². The van der Waals surface area contributed by atoms with Crippen LogP contribution in [0.4, 0.5) is 5.69 Å². The number of anilines is 1. The smallest absolute Gasteiger partial charge is 0.322 e. The lowest BCUT2D eigenvalue weighted by Gasteiger charge is -2.25. The molecule has 0 aromatic heterocycles. The number of rotatable bonds is 9. The minimum absolute atomic E-state index is 0.0366. The third-order valence-electron chi connectivity index (χ3n) is 5.23. The van der Waals surface area contributed by atoms with Crippen LogP contribution in [-0.4, -0.2) is 29.4 Å². The Morgan fingerprint density at radius 1 is 1.11 bits per heavy atom. The Morgan fingerprint density at radius 2 is 1.78 bits per heavy atom. The molecule has 1 aliphatic rings. The molecule has 1 saturated carbocycles. The zero-order valence-electron chi connectivity index (χ0n) is 16.0. The van der Waals surface area contributed by atoms with E-state index in [-0.39, 0.29) is 30.7 Å². The van der Waals surface area contributed by atoms with Gasteiger partial charge in [0, 0.05) is 11.6 Å². The van der Waals surface area contributed by atoms with E-state index in [1.165, 1.54) is 32.1 Å². The zero-order valence-corrected chi connectivity index (χ0v) is 16.0. The predicted octanol–water partition coefficient (Wildman–Crippen LogP) is 3.37. The van der Waals surface area contributed by atoms with Crippen LogP contribution in [-0.2, 0) is 20.8 Å². The highest BCUT2D eigenvalue weighted by atomic mass is 16.4. The first-order valence-electron chi connectivity index (χ1n) is 9.86. The van der Waals surface area contributed by atoms with Gasteiger partial charge in [-0.05, 0) is 36.5 Å². The molecule has 6 heteroatoms. The number of hydrogen-bond donors (Lipinski definition) is 3. The van der Waals surface area contributed by atoms with Crippen molar-refractivity contribution in [3.63, 3.8) is 0 Å². The minimum Gasteiger partial charge on any atom is -0.480 e. The van der Waals surface area contributed by atoms with Crippen molar-refractivity contribution in [1.82, 2.24) is 5.32 Å². The van der Waals surface area contributed by atoms with Crippen LogP contribution in [0.5, 0.6) is 0 Å². The Morgan fingerprint density at radius 3 is 2.37 bits per heavy atom. The molecule has 0 spiro atoms. The number of nitrogens with one attached hydrogen (secondary N) is 2. The van der Waals surface area contributed by atoms with E-state index in [4.69, 9.17) is 5.11 Å². The van der Waals surface area contributed by atoms with Crippen LogP contribution in [0.3, 0.4) is 0 Å². The summed E-state index contributed by atoms with van der Waals surface area (Å²) in [5, 5.41) is 13.9.